The van der Waals surface area contributed by atoms with Gasteiger partial charge in [-0.05, 0) is 12.1 Å². The minimum atomic E-state index is -2.70. The topological polar surface area (TPSA) is 140 Å². The van der Waals surface area contributed by atoms with Crippen molar-refractivity contribution >= 4 is 22.5 Å². The van der Waals surface area contributed by atoms with Gasteiger partial charge < -0.3 is 10.8 Å². The van der Waals surface area contributed by atoms with Gasteiger partial charge in [-0.1, -0.05) is 4.36 Å². The smallest absolute Gasteiger partial charge is 0.353 e. The molecule has 1 rings (SSSR count). The van der Waals surface area contributed by atoms with Gasteiger partial charge in [-0.2, -0.15) is 8.42 Å². The lowest BCUT2D eigenvalue weighted by molar-refractivity contribution is 0.0696. The van der Waals surface area contributed by atoms with E-state index in [0.717, 1.165) is 0 Å². The first-order chi connectivity index (χ1) is 7.43. The molecule has 0 unspecified atom stereocenters. The molecule has 0 bridgehead atoms. The zero-order valence-corrected chi connectivity index (χ0v) is 8.59. The number of hydrogen-bond acceptors (Lipinski definition) is 5. The molecule has 16 heavy (non-hydrogen) atoms. The van der Waals surface area contributed by atoms with Crippen LogP contribution in [0.3, 0.4) is 0 Å². The van der Waals surface area contributed by atoms with Crippen LogP contribution in [0, 0.1) is 0 Å². The third-order valence-electron chi connectivity index (χ3n) is 1.07. The largest absolute Gasteiger partial charge is 0.478 e. The van der Waals surface area contributed by atoms with Gasteiger partial charge in [0.05, 0.1) is 5.56 Å². The van der Waals surface area contributed by atoms with Crippen LogP contribution in [-0.4, -0.2) is 30.5 Å². The summed E-state index contributed by atoms with van der Waals surface area (Å²) in [7, 11) is -2.70. The van der Waals surface area contributed by atoms with Gasteiger partial charge in [-0.25, -0.2) is 9.59 Å². The fourth-order valence-electron chi connectivity index (χ4n) is 0.563. The van der Waals surface area contributed by atoms with Gasteiger partial charge in [0.25, 0.3) is 0 Å². The first-order valence-corrected chi connectivity index (χ1v) is 4.70. The van der Waals surface area contributed by atoms with Gasteiger partial charge >= 0.3 is 22.5 Å². The van der Waals surface area contributed by atoms with Gasteiger partial charge in [0.2, 0.25) is 0 Å². The van der Waals surface area contributed by atoms with E-state index in [-0.39, 0.29) is 5.56 Å². The molecular formula is C7H7N3O5S. The second-order valence-electron chi connectivity index (χ2n) is 2.19. The zero-order chi connectivity index (χ0) is 12.6. The third kappa shape index (κ3) is 7.15. The highest BCUT2D eigenvalue weighted by Gasteiger charge is 1.97. The van der Waals surface area contributed by atoms with Crippen LogP contribution in [0.4, 0.5) is 4.79 Å². The standard InChI is InChI=1S/C6H5NO2.CH2N2O3S/c8-6(9)5-2-1-3-7-4-5;2-1(4)3-7(5)6/h1-4H,(H,8,9);(H2,2,4). The minimum absolute atomic E-state index is 0.220. The molecule has 1 aromatic rings. The van der Waals surface area contributed by atoms with Crippen molar-refractivity contribution in [1.29, 1.82) is 0 Å². The number of nitrogens with two attached hydrogens (primary N) is 1. The van der Waals surface area contributed by atoms with Crippen molar-refractivity contribution in [1.82, 2.24) is 4.98 Å². The summed E-state index contributed by atoms with van der Waals surface area (Å²) in [6, 6.07) is 1.88. The SMILES string of the molecule is NC(=O)N=S(=O)=O.O=C(O)c1cccnc1. The first-order valence-electron chi connectivity index (χ1n) is 3.67. The highest BCUT2D eigenvalue weighted by Crippen LogP contribution is 1.92. The van der Waals surface area contributed by atoms with Crippen LogP contribution in [-0.2, 0) is 10.5 Å². The zero-order valence-electron chi connectivity index (χ0n) is 7.77. The Bertz CT molecular complexity index is 488. The number of pyridine rings is 1. The molecule has 0 atom stereocenters. The summed E-state index contributed by atoms with van der Waals surface area (Å²) in [5.41, 5.74) is 4.51. The van der Waals surface area contributed by atoms with Crippen LogP contribution in [0.5, 0.6) is 0 Å². The molecule has 2 amide bonds. The number of amides is 2. The number of nitrogens with zero attached hydrogens (tertiary/aromatic N) is 2. The predicted octanol–water partition coefficient (Wildman–Crippen LogP) is -0.0924. The average Bonchev–Trinajstić information content (AvgIpc) is 2.17. The second kappa shape index (κ2) is 7.06. The molecule has 0 aliphatic rings. The summed E-state index contributed by atoms with van der Waals surface area (Å²) in [5, 5.41) is 8.34. The highest BCUT2D eigenvalue weighted by molar-refractivity contribution is 7.62. The van der Waals surface area contributed by atoms with Gasteiger partial charge in [-0.3, -0.25) is 4.98 Å². The third-order valence-corrected chi connectivity index (χ3v) is 1.40. The van der Waals surface area contributed by atoms with E-state index >= 15 is 0 Å². The summed E-state index contributed by atoms with van der Waals surface area (Å²) in [6.07, 6.45) is 2.84. The maximum atomic E-state index is 10.2. The number of aromatic nitrogens is 1. The van der Waals surface area contributed by atoms with Crippen molar-refractivity contribution in [2.75, 3.05) is 0 Å². The molecule has 0 aliphatic heterocycles. The average molecular weight is 245 g/mol. The Labute approximate surface area is 91.4 Å². The number of aromatic carboxylic acids is 1. The van der Waals surface area contributed by atoms with E-state index in [4.69, 9.17) is 5.11 Å². The first kappa shape index (κ1) is 13.7. The molecule has 86 valence electrons. The minimum Gasteiger partial charge on any atom is -0.478 e. The van der Waals surface area contributed by atoms with E-state index in [1.165, 1.54) is 18.5 Å². The summed E-state index contributed by atoms with van der Waals surface area (Å²) >= 11 is 0. The molecule has 0 aromatic carbocycles. The van der Waals surface area contributed by atoms with E-state index in [1.54, 1.807) is 6.07 Å². The van der Waals surface area contributed by atoms with Crippen LogP contribution in [0.25, 0.3) is 0 Å². The highest BCUT2D eigenvalue weighted by atomic mass is 32.2. The van der Waals surface area contributed by atoms with E-state index in [2.05, 4.69) is 15.1 Å². The van der Waals surface area contributed by atoms with Crippen LogP contribution in [0.2, 0.25) is 0 Å². The summed E-state index contributed by atoms with van der Waals surface area (Å²) < 4.78 is 21.0. The summed E-state index contributed by atoms with van der Waals surface area (Å²) in [5.74, 6) is -0.942. The Kier molecular flexibility index (Phi) is 6.05. The fourth-order valence-corrected chi connectivity index (χ4v) is 0.710. The Morgan fingerprint density at radius 3 is 2.25 bits per heavy atom. The Morgan fingerprint density at radius 1 is 1.44 bits per heavy atom. The molecule has 0 saturated heterocycles. The molecule has 9 heteroatoms. The number of carboxylic acid groups (broad SMARTS) is 1. The fraction of sp³-hybridized carbons (Fsp3) is 0. The van der Waals surface area contributed by atoms with Crippen molar-refractivity contribution in [3.8, 4) is 0 Å². The quantitative estimate of drug-likeness (QED) is 0.708. The Hall–Kier alpha value is -2.29. The molecule has 0 fully saturated rings. The van der Waals surface area contributed by atoms with Crippen molar-refractivity contribution < 1.29 is 23.1 Å². The molecule has 1 heterocycles. The molecule has 0 spiro atoms. The van der Waals surface area contributed by atoms with Gasteiger partial charge in [0.1, 0.15) is 0 Å². The number of urea groups is 1. The molecule has 0 aliphatic carbocycles. The van der Waals surface area contributed by atoms with Crippen molar-refractivity contribution in [3.63, 3.8) is 0 Å². The van der Waals surface area contributed by atoms with E-state index in [0.29, 0.717) is 0 Å². The van der Waals surface area contributed by atoms with Crippen molar-refractivity contribution in [2.24, 2.45) is 10.1 Å². The summed E-state index contributed by atoms with van der Waals surface area (Å²) in [6.45, 7) is 0. The van der Waals surface area contributed by atoms with Gasteiger partial charge in [-0.15, -0.1) is 0 Å². The summed E-state index contributed by atoms with van der Waals surface area (Å²) in [4.78, 5) is 23.3. The normalized spacial score (nSPS) is 8.25. The van der Waals surface area contributed by atoms with E-state index < -0.39 is 22.5 Å². The van der Waals surface area contributed by atoms with Crippen molar-refractivity contribution in [2.45, 2.75) is 0 Å². The lowest BCUT2D eigenvalue weighted by atomic mass is 10.3. The van der Waals surface area contributed by atoms with E-state index in [1.807, 2.05) is 0 Å². The molecule has 1 aromatic heterocycles. The molecule has 0 saturated carbocycles. The Balaban J connectivity index is 0.000000293. The van der Waals surface area contributed by atoms with Crippen molar-refractivity contribution in [3.05, 3.63) is 30.1 Å². The van der Waals surface area contributed by atoms with Gasteiger partial charge in [0.15, 0.2) is 0 Å². The van der Waals surface area contributed by atoms with Crippen LogP contribution >= 0.6 is 0 Å². The number of carbonyl (C=O) groups is 2. The van der Waals surface area contributed by atoms with Crippen LogP contribution in [0.15, 0.2) is 28.9 Å². The maximum Gasteiger partial charge on any atom is 0.353 e. The number of hydrogen-bond donors (Lipinski definition) is 2. The number of carboxylic acids is 1. The number of rotatable bonds is 1. The van der Waals surface area contributed by atoms with Crippen LogP contribution < -0.4 is 5.73 Å². The van der Waals surface area contributed by atoms with Gasteiger partial charge in [0, 0.05) is 12.4 Å². The second-order valence-corrected chi connectivity index (χ2v) is 2.81. The van der Waals surface area contributed by atoms with Crippen LogP contribution in [0.1, 0.15) is 10.4 Å². The number of carbonyl (C=O) groups excluding carboxylic acids is 1. The molecule has 0 radical (unpaired) electrons. The maximum absolute atomic E-state index is 10.2. The lowest BCUT2D eigenvalue weighted by Gasteiger charge is -1.87. The van der Waals surface area contributed by atoms with E-state index in [9.17, 15) is 18.0 Å². The lowest BCUT2D eigenvalue weighted by Crippen LogP contribution is -2.02. The molecular weight excluding hydrogens is 238 g/mol. The molecule has 3 N–H and O–H groups in total. The predicted molar refractivity (Wildman–Crippen MR) is 52.1 cm³/mol. The number of primary amides is 1. The monoisotopic (exact) mass is 245 g/mol. The Morgan fingerprint density at radius 2 is 2.06 bits per heavy atom. The molecule has 8 nitrogen and oxygen atoms in total.